The van der Waals surface area contributed by atoms with Crippen molar-refractivity contribution in [1.29, 1.82) is 0 Å². The number of methoxy groups -OCH3 is 1. The lowest BCUT2D eigenvalue weighted by Gasteiger charge is -2.33. The van der Waals surface area contributed by atoms with Crippen molar-refractivity contribution in [2.24, 2.45) is 5.92 Å². The Kier molecular flexibility index (Phi) is 5.53. The molecule has 0 radical (unpaired) electrons. The molecule has 7 nitrogen and oxygen atoms in total. The number of amides is 1. The molecular weight excluding hydrogens is 378 g/mol. The molecule has 1 N–H and O–H groups in total. The summed E-state index contributed by atoms with van der Waals surface area (Å²) in [6, 6.07) is 7.70. The smallest absolute Gasteiger partial charge is 0.229 e. The van der Waals surface area contributed by atoms with Crippen molar-refractivity contribution in [2.45, 2.75) is 33.6 Å². The Morgan fingerprint density at radius 2 is 1.97 bits per heavy atom. The highest BCUT2D eigenvalue weighted by Crippen LogP contribution is 2.27. The zero-order valence-corrected chi connectivity index (χ0v) is 17.9. The third-order valence-corrected chi connectivity index (χ3v) is 5.77. The van der Waals surface area contributed by atoms with Crippen LogP contribution in [0.1, 0.15) is 29.8 Å². The van der Waals surface area contributed by atoms with Gasteiger partial charge in [0.15, 0.2) is 5.65 Å². The number of hydrogen-bond donors (Lipinski definition) is 1. The van der Waals surface area contributed by atoms with Crippen molar-refractivity contribution in [3.8, 4) is 5.75 Å². The third-order valence-electron chi connectivity index (χ3n) is 5.77. The van der Waals surface area contributed by atoms with Crippen molar-refractivity contribution in [1.82, 2.24) is 15.0 Å². The van der Waals surface area contributed by atoms with Crippen LogP contribution in [0.5, 0.6) is 5.75 Å². The molecule has 1 fully saturated rings. The third kappa shape index (κ3) is 4.06. The van der Waals surface area contributed by atoms with Gasteiger partial charge in [0.05, 0.1) is 36.3 Å². The monoisotopic (exact) mass is 405 g/mol. The summed E-state index contributed by atoms with van der Waals surface area (Å²) >= 11 is 0. The molecule has 1 saturated heterocycles. The van der Waals surface area contributed by atoms with Gasteiger partial charge in [-0.15, -0.1) is 0 Å². The standard InChI is InChI=1S/C23H27N5O2/c1-14-10-19(30-4)7-8-20(14)27-23(29)17-6-5-9-28(13-17)18-11-21-22(24-12-18)26-16(3)15(2)25-21/h7-8,10-12,17H,5-6,9,13H2,1-4H3,(H,27,29)/t17-/m0/s1. The minimum absolute atomic E-state index is 0.0491. The molecule has 1 atom stereocenters. The molecule has 1 amide bonds. The molecule has 156 valence electrons. The Morgan fingerprint density at radius 1 is 1.17 bits per heavy atom. The van der Waals surface area contributed by atoms with Crippen molar-refractivity contribution >= 4 is 28.4 Å². The van der Waals surface area contributed by atoms with E-state index in [-0.39, 0.29) is 11.8 Å². The first-order valence-electron chi connectivity index (χ1n) is 10.3. The molecule has 0 spiro atoms. The summed E-state index contributed by atoms with van der Waals surface area (Å²) in [5, 5.41) is 3.09. The van der Waals surface area contributed by atoms with Crippen LogP contribution in [-0.4, -0.2) is 41.1 Å². The Morgan fingerprint density at radius 3 is 2.73 bits per heavy atom. The minimum Gasteiger partial charge on any atom is -0.497 e. The van der Waals surface area contributed by atoms with E-state index in [2.05, 4.69) is 25.2 Å². The molecule has 0 saturated carbocycles. The van der Waals surface area contributed by atoms with E-state index in [0.717, 1.165) is 59.0 Å². The van der Waals surface area contributed by atoms with E-state index in [0.29, 0.717) is 12.2 Å². The summed E-state index contributed by atoms with van der Waals surface area (Å²) in [7, 11) is 1.64. The number of carbonyl (C=O) groups is 1. The highest BCUT2D eigenvalue weighted by molar-refractivity contribution is 5.94. The van der Waals surface area contributed by atoms with Crippen LogP contribution in [0.25, 0.3) is 11.2 Å². The lowest BCUT2D eigenvalue weighted by atomic mass is 9.96. The maximum absolute atomic E-state index is 12.9. The average molecular weight is 406 g/mol. The Labute approximate surface area is 176 Å². The Bertz CT molecular complexity index is 1100. The van der Waals surface area contributed by atoms with Crippen LogP contribution in [0.2, 0.25) is 0 Å². The van der Waals surface area contributed by atoms with Gasteiger partial charge in [-0.25, -0.2) is 15.0 Å². The van der Waals surface area contributed by atoms with Gasteiger partial charge in [-0.05, 0) is 63.4 Å². The number of aryl methyl sites for hydroxylation is 3. The molecule has 1 aromatic carbocycles. The van der Waals surface area contributed by atoms with Gasteiger partial charge in [0, 0.05) is 18.8 Å². The fourth-order valence-electron chi connectivity index (χ4n) is 3.84. The summed E-state index contributed by atoms with van der Waals surface area (Å²) in [4.78, 5) is 28.8. The number of pyridine rings is 1. The first kappa shape index (κ1) is 20.1. The maximum Gasteiger partial charge on any atom is 0.229 e. The number of anilines is 2. The summed E-state index contributed by atoms with van der Waals surface area (Å²) in [6.07, 6.45) is 3.66. The molecule has 3 heterocycles. The van der Waals surface area contributed by atoms with Crippen LogP contribution >= 0.6 is 0 Å². The van der Waals surface area contributed by atoms with Crippen LogP contribution in [0.3, 0.4) is 0 Å². The predicted octanol–water partition coefficient (Wildman–Crippen LogP) is 3.81. The molecule has 30 heavy (non-hydrogen) atoms. The summed E-state index contributed by atoms with van der Waals surface area (Å²) in [5.74, 6) is 0.751. The topological polar surface area (TPSA) is 80.2 Å². The quantitative estimate of drug-likeness (QED) is 0.711. The predicted molar refractivity (Wildman–Crippen MR) is 118 cm³/mol. The van der Waals surface area contributed by atoms with E-state index in [1.165, 1.54) is 0 Å². The molecule has 0 bridgehead atoms. The van der Waals surface area contributed by atoms with Crippen LogP contribution in [0.4, 0.5) is 11.4 Å². The number of benzene rings is 1. The van der Waals surface area contributed by atoms with Crippen LogP contribution in [-0.2, 0) is 4.79 Å². The SMILES string of the molecule is COc1ccc(NC(=O)[C@H]2CCCN(c3cnc4nc(C)c(C)nc4c3)C2)c(C)c1. The minimum atomic E-state index is -0.0817. The molecule has 1 aliphatic rings. The number of rotatable bonds is 4. The van der Waals surface area contributed by atoms with Gasteiger partial charge < -0.3 is 15.0 Å². The number of piperidine rings is 1. The van der Waals surface area contributed by atoms with Gasteiger partial charge in [0.1, 0.15) is 11.3 Å². The number of hydrogen-bond acceptors (Lipinski definition) is 6. The van der Waals surface area contributed by atoms with Gasteiger partial charge >= 0.3 is 0 Å². The molecule has 7 heteroatoms. The second kappa shape index (κ2) is 8.26. The van der Waals surface area contributed by atoms with Crippen LogP contribution in [0.15, 0.2) is 30.5 Å². The number of aromatic nitrogens is 3. The Hall–Kier alpha value is -3.22. The van der Waals surface area contributed by atoms with E-state index in [1.54, 1.807) is 7.11 Å². The van der Waals surface area contributed by atoms with E-state index in [9.17, 15) is 4.79 Å². The van der Waals surface area contributed by atoms with Gasteiger partial charge in [-0.2, -0.15) is 0 Å². The Balaban J connectivity index is 1.49. The van der Waals surface area contributed by atoms with Crippen molar-refractivity contribution in [3.63, 3.8) is 0 Å². The van der Waals surface area contributed by atoms with Gasteiger partial charge in [-0.3, -0.25) is 4.79 Å². The van der Waals surface area contributed by atoms with Crippen molar-refractivity contribution in [3.05, 3.63) is 47.4 Å². The lowest BCUT2D eigenvalue weighted by molar-refractivity contribution is -0.120. The second-order valence-corrected chi connectivity index (χ2v) is 7.89. The molecular formula is C23H27N5O2. The molecule has 4 rings (SSSR count). The van der Waals surface area contributed by atoms with E-state index >= 15 is 0 Å². The number of nitrogens with one attached hydrogen (secondary N) is 1. The van der Waals surface area contributed by atoms with Crippen molar-refractivity contribution in [2.75, 3.05) is 30.4 Å². The zero-order valence-electron chi connectivity index (χ0n) is 17.9. The number of nitrogens with zero attached hydrogens (tertiary/aromatic N) is 4. The lowest BCUT2D eigenvalue weighted by Crippen LogP contribution is -2.40. The number of carbonyl (C=O) groups excluding carboxylic acids is 1. The highest BCUT2D eigenvalue weighted by atomic mass is 16.5. The van der Waals surface area contributed by atoms with Crippen LogP contribution in [0, 0.1) is 26.7 Å². The molecule has 3 aromatic rings. The van der Waals surface area contributed by atoms with Gasteiger partial charge in [0.25, 0.3) is 0 Å². The molecule has 0 unspecified atom stereocenters. The number of fused-ring (bicyclic) bond motifs is 1. The molecule has 1 aliphatic heterocycles. The summed E-state index contributed by atoms with van der Waals surface area (Å²) in [5.41, 5.74) is 6.04. The van der Waals surface area contributed by atoms with E-state index in [1.807, 2.05) is 51.2 Å². The highest BCUT2D eigenvalue weighted by Gasteiger charge is 2.27. The summed E-state index contributed by atoms with van der Waals surface area (Å²) < 4.78 is 5.24. The van der Waals surface area contributed by atoms with E-state index in [4.69, 9.17) is 4.74 Å². The average Bonchev–Trinajstić information content (AvgIpc) is 2.75. The number of ether oxygens (including phenoxy) is 1. The van der Waals surface area contributed by atoms with Gasteiger partial charge in [0.2, 0.25) is 5.91 Å². The first-order valence-corrected chi connectivity index (χ1v) is 10.3. The van der Waals surface area contributed by atoms with E-state index < -0.39 is 0 Å². The fraction of sp³-hybridized carbons (Fsp3) is 0.391. The maximum atomic E-state index is 12.9. The van der Waals surface area contributed by atoms with Crippen LogP contribution < -0.4 is 15.0 Å². The fourth-order valence-corrected chi connectivity index (χ4v) is 3.84. The summed E-state index contributed by atoms with van der Waals surface area (Å²) in [6.45, 7) is 7.42. The molecule has 2 aromatic heterocycles. The molecule has 0 aliphatic carbocycles. The van der Waals surface area contributed by atoms with Gasteiger partial charge in [-0.1, -0.05) is 0 Å². The largest absolute Gasteiger partial charge is 0.497 e. The van der Waals surface area contributed by atoms with Crippen molar-refractivity contribution < 1.29 is 9.53 Å². The normalized spacial score (nSPS) is 16.5. The first-order chi connectivity index (χ1) is 14.4. The zero-order chi connectivity index (χ0) is 21.3. The second-order valence-electron chi connectivity index (χ2n) is 7.89.